The summed E-state index contributed by atoms with van der Waals surface area (Å²) < 4.78 is 0. The lowest BCUT2D eigenvalue weighted by molar-refractivity contribution is -0.137. The van der Waals surface area contributed by atoms with Crippen LogP contribution in [-0.2, 0) is 4.79 Å². The average molecular weight is 208 g/mol. The Bertz CT molecular complexity index is 165. The van der Waals surface area contributed by atoms with Gasteiger partial charge in [0.15, 0.2) is 0 Å². The molecule has 1 aliphatic rings. The molecule has 0 amide bonds. The quantitative estimate of drug-likeness (QED) is 0.767. The fourth-order valence-electron chi connectivity index (χ4n) is 1.91. The molecule has 1 heterocycles. The third-order valence-electron chi connectivity index (χ3n) is 2.72. The number of rotatable bonds is 3. The lowest BCUT2D eigenvalue weighted by atomic mass is 10.2. The Morgan fingerprint density at radius 2 is 1.85 bits per heavy atom. The van der Waals surface area contributed by atoms with Gasteiger partial charge in [-0.2, -0.15) is 0 Å². The molecule has 3 nitrogen and oxygen atoms in total. The number of carboxylic acid groups (broad SMARTS) is 1. The van der Waals surface area contributed by atoms with E-state index in [0.29, 0.717) is 18.6 Å². The molecule has 0 saturated carbocycles. The van der Waals surface area contributed by atoms with Crippen LogP contribution in [0.3, 0.4) is 0 Å². The molecule has 1 saturated heterocycles. The fraction of sp³-hybridized carbons (Fsp3) is 0.889. The summed E-state index contributed by atoms with van der Waals surface area (Å²) in [5.41, 5.74) is 0. The van der Waals surface area contributed by atoms with Gasteiger partial charge in [-0.05, 0) is 26.7 Å². The summed E-state index contributed by atoms with van der Waals surface area (Å²) in [5, 5.41) is 8.52. The molecule has 0 aromatic rings. The van der Waals surface area contributed by atoms with Crippen molar-refractivity contribution in [2.45, 2.75) is 45.2 Å². The Hall–Kier alpha value is -0.280. The van der Waals surface area contributed by atoms with E-state index in [1.807, 2.05) is 0 Å². The Morgan fingerprint density at radius 1 is 1.38 bits per heavy atom. The highest BCUT2D eigenvalue weighted by Gasteiger charge is 2.26. The number of carbonyl (C=O) groups is 1. The molecular weight excluding hydrogens is 190 g/mol. The molecule has 0 bridgehead atoms. The van der Waals surface area contributed by atoms with Crippen molar-refractivity contribution >= 4 is 18.4 Å². The standard InChI is InChI=1S/C9H17NO2.ClH/c1-7-3-4-8(2)10(7)6-5-9(11)12;/h7-8H,3-6H2,1-2H3,(H,11,12);1H. The Morgan fingerprint density at radius 3 is 2.23 bits per heavy atom. The number of likely N-dealkylation sites (tertiary alicyclic amines) is 1. The maximum atomic E-state index is 10.3. The molecule has 0 aromatic carbocycles. The van der Waals surface area contributed by atoms with Crippen LogP contribution in [0.2, 0.25) is 0 Å². The smallest absolute Gasteiger partial charge is 0.304 e. The lowest BCUT2D eigenvalue weighted by Crippen LogP contribution is -2.34. The van der Waals surface area contributed by atoms with Crippen molar-refractivity contribution < 1.29 is 9.90 Å². The first kappa shape index (κ1) is 12.7. The first-order valence-corrected chi connectivity index (χ1v) is 4.59. The number of carboxylic acids is 1. The second-order valence-electron chi connectivity index (χ2n) is 3.66. The van der Waals surface area contributed by atoms with Crippen LogP contribution in [0.25, 0.3) is 0 Å². The monoisotopic (exact) mass is 207 g/mol. The highest BCUT2D eigenvalue weighted by molar-refractivity contribution is 5.85. The van der Waals surface area contributed by atoms with Crippen molar-refractivity contribution in [2.75, 3.05) is 6.54 Å². The summed E-state index contributed by atoms with van der Waals surface area (Å²) in [5.74, 6) is -0.693. The Labute approximate surface area is 85.5 Å². The molecule has 1 rings (SSSR count). The minimum atomic E-state index is -0.693. The molecule has 2 atom stereocenters. The van der Waals surface area contributed by atoms with Crippen molar-refractivity contribution in [3.05, 3.63) is 0 Å². The van der Waals surface area contributed by atoms with E-state index in [-0.39, 0.29) is 18.8 Å². The predicted octanol–water partition coefficient (Wildman–Crippen LogP) is 1.76. The molecule has 0 aliphatic carbocycles. The average Bonchev–Trinajstić information content (AvgIpc) is 2.28. The van der Waals surface area contributed by atoms with E-state index < -0.39 is 5.97 Å². The number of nitrogens with zero attached hydrogens (tertiary/aromatic N) is 1. The first-order valence-electron chi connectivity index (χ1n) is 4.59. The molecule has 0 radical (unpaired) electrons. The van der Waals surface area contributed by atoms with Crippen LogP contribution in [0.1, 0.15) is 33.1 Å². The van der Waals surface area contributed by atoms with Crippen molar-refractivity contribution in [1.82, 2.24) is 4.90 Å². The normalized spacial score (nSPS) is 28.5. The van der Waals surface area contributed by atoms with Gasteiger partial charge in [0, 0.05) is 18.6 Å². The van der Waals surface area contributed by atoms with E-state index >= 15 is 0 Å². The van der Waals surface area contributed by atoms with Gasteiger partial charge in [0.1, 0.15) is 0 Å². The SMILES string of the molecule is CC1CCC(C)N1CCC(=O)O.Cl. The van der Waals surface area contributed by atoms with Crippen LogP contribution in [0.15, 0.2) is 0 Å². The van der Waals surface area contributed by atoms with Crippen molar-refractivity contribution in [1.29, 1.82) is 0 Å². The van der Waals surface area contributed by atoms with E-state index in [9.17, 15) is 4.79 Å². The third-order valence-corrected chi connectivity index (χ3v) is 2.72. The van der Waals surface area contributed by atoms with Gasteiger partial charge in [-0.3, -0.25) is 9.69 Å². The topological polar surface area (TPSA) is 40.5 Å². The van der Waals surface area contributed by atoms with Crippen molar-refractivity contribution in [3.63, 3.8) is 0 Å². The minimum absolute atomic E-state index is 0. The summed E-state index contributed by atoms with van der Waals surface area (Å²) >= 11 is 0. The Balaban J connectivity index is 0.00000144. The molecule has 1 N–H and O–H groups in total. The summed E-state index contributed by atoms with van der Waals surface area (Å²) in [7, 11) is 0. The predicted molar refractivity (Wildman–Crippen MR) is 54.4 cm³/mol. The summed E-state index contributed by atoms with van der Waals surface area (Å²) in [6.45, 7) is 5.05. The highest BCUT2D eigenvalue weighted by atomic mass is 35.5. The van der Waals surface area contributed by atoms with Gasteiger partial charge in [-0.15, -0.1) is 12.4 Å². The molecule has 4 heteroatoms. The molecular formula is C9H18ClNO2. The van der Waals surface area contributed by atoms with Crippen molar-refractivity contribution in [2.24, 2.45) is 0 Å². The van der Waals surface area contributed by atoms with E-state index in [1.54, 1.807) is 0 Å². The number of halogens is 1. The molecule has 1 fully saturated rings. The van der Waals surface area contributed by atoms with Gasteiger partial charge in [0.05, 0.1) is 6.42 Å². The van der Waals surface area contributed by atoms with Crippen LogP contribution in [0, 0.1) is 0 Å². The second kappa shape index (κ2) is 5.45. The zero-order valence-electron chi connectivity index (χ0n) is 8.19. The fourth-order valence-corrected chi connectivity index (χ4v) is 1.91. The molecule has 0 spiro atoms. The highest BCUT2D eigenvalue weighted by Crippen LogP contribution is 2.22. The summed E-state index contributed by atoms with van der Waals surface area (Å²) in [6.07, 6.45) is 2.69. The zero-order valence-corrected chi connectivity index (χ0v) is 9.01. The van der Waals surface area contributed by atoms with Crippen LogP contribution in [-0.4, -0.2) is 34.6 Å². The summed E-state index contributed by atoms with van der Waals surface area (Å²) in [6, 6.07) is 1.14. The van der Waals surface area contributed by atoms with Crippen LogP contribution < -0.4 is 0 Å². The lowest BCUT2D eigenvalue weighted by Gasteiger charge is -2.24. The molecule has 13 heavy (non-hydrogen) atoms. The van der Waals surface area contributed by atoms with E-state index in [4.69, 9.17) is 5.11 Å². The van der Waals surface area contributed by atoms with E-state index in [1.165, 1.54) is 12.8 Å². The maximum absolute atomic E-state index is 10.3. The summed E-state index contributed by atoms with van der Waals surface area (Å²) in [4.78, 5) is 12.6. The van der Waals surface area contributed by atoms with E-state index in [0.717, 1.165) is 0 Å². The van der Waals surface area contributed by atoms with Crippen molar-refractivity contribution in [3.8, 4) is 0 Å². The van der Waals surface area contributed by atoms with Crippen LogP contribution in [0.4, 0.5) is 0 Å². The molecule has 0 aromatic heterocycles. The number of hydrogen-bond acceptors (Lipinski definition) is 2. The third kappa shape index (κ3) is 3.53. The van der Waals surface area contributed by atoms with Gasteiger partial charge < -0.3 is 5.11 Å². The Kier molecular flexibility index (Phi) is 5.33. The van der Waals surface area contributed by atoms with Crippen LogP contribution in [0.5, 0.6) is 0 Å². The molecule has 78 valence electrons. The van der Waals surface area contributed by atoms with Crippen LogP contribution >= 0.6 is 12.4 Å². The van der Waals surface area contributed by atoms with Gasteiger partial charge in [-0.25, -0.2) is 0 Å². The molecule has 1 aliphatic heterocycles. The first-order chi connectivity index (χ1) is 5.61. The number of aliphatic carboxylic acids is 1. The van der Waals surface area contributed by atoms with Gasteiger partial charge in [0.2, 0.25) is 0 Å². The second-order valence-corrected chi connectivity index (χ2v) is 3.66. The van der Waals surface area contributed by atoms with E-state index in [2.05, 4.69) is 18.7 Å². The maximum Gasteiger partial charge on any atom is 0.304 e. The zero-order chi connectivity index (χ0) is 9.14. The molecule has 2 unspecified atom stereocenters. The minimum Gasteiger partial charge on any atom is -0.481 e. The van der Waals surface area contributed by atoms with Gasteiger partial charge in [-0.1, -0.05) is 0 Å². The van der Waals surface area contributed by atoms with Gasteiger partial charge in [0.25, 0.3) is 0 Å². The van der Waals surface area contributed by atoms with Gasteiger partial charge >= 0.3 is 5.97 Å². The largest absolute Gasteiger partial charge is 0.481 e. The number of hydrogen-bond donors (Lipinski definition) is 1.